The molecule has 2 aromatic heterocycles. The van der Waals surface area contributed by atoms with Crippen LogP contribution in [-0.4, -0.2) is 38.2 Å². The van der Waals surface area contributed by atoms with Crippen molar-refractivity contribution in [2.24, 2.45) is 0 Å². The molecule has 4 aromatic rings. The predicted molar refractivity (Wildman–Crippen MR) is 112 cm³/mol. The summed E-state index contributed by atoms with van der Waals surface area (Å²) in [6.45, 7) is 0.186. The second-order valence-corrected chi connectivity index (χ2v) is 8.64. The Morgan fingerprint density at radius 3 is 2.28 bits per heavy atom. The molecule has 0 unspecified atom stereocenters. The van der Waals surface area contributed by atoms with Gasteiger partial charge in [0.15, 0.2) is 16.6 Å². The third kappa shape index (κ3) is 3.87. The third-order valence-electron chi connectivity index (χ3n) is 4.58. The van der Waals surface area contributed by atoms with Crippen LogP contribution in [0.2, 0.25) is 0 Å². The highest BCUT2D eigenvalue weighted by Crippen LogP contribution is 2.36. The number of fused-ring (bicyclic) bond motifs is 1. The summed E-state index contributed by atoms with van der Waals surface area (Å²) in [5.74, 6) is 0.707. The van der Waals surface area contributed by atoms with Crippen molar-refractivity contribution in [3.63, 3.8) is 0 Å². The fourth-order valence-electron chi connectivity index (χ4n) is 3.19. The van der Waals surface area contributed by atoms with Crippen molar-refractivity contribution >= 4 is 15.4 Å². The number of rotatable bonds is 6. The Morgan fingerprint density at radius 1 is 0.931 bits per heavy atom. The van der Waals surface area contributed by atoms with Gasteiger partial charge in [-0.15, -0.1) is 0 Å². The van der Waals surface area contributed by atoms with Crippen LogP contribution in [0.5, 0.6) is 5.75 Å². The maximum atomic E-state index is 11.8. The minimum Gasteiger partial charge on any atom is -0.468 e. The van der Waals surface area contributed by atoms with Crippen LogP contribution in [0.15, 0.2) is 77.8 Å². The van der Waals surface area contributed by atoms with E-state index in [1.807, 2.05) is 65.3 Å². The second kappa shape index (κ2) is 7.69. The van der Waals surface area contributed by atoms with Gasteiger partial charge < -0.3 is 9.47 Å². The number of hydrogen-bond donors (Lipinski definition) is 0. The van der Waals surface area contributed by atoms with Gasteiger partial charge in [-0.1, -0.05) is 18.2 Å². The predicted octanol–water partition coefficient (Wildman–Crippen LogP) is 4.05. The van der Waals surface area contributed by atoms with Crippen molar-refractivity contribution in [1.82, 2.24) is 9.61 Å². The Bertz CT molecular complexity index is 1240. The lowest BCUT2D eigenvalue weighted by Gasteiger charge is -2.07. The van der Waals surface area contributed by atoms with E-state index in [-0.39, 0.29) is 6.79 Å². The molecule has 29 heavy (non-hydrogen) atoms. The number of pyridine rings is 1. The topological polar surface area (TPSA) is 69.9 Å². The molecule has 0 spiro atoms. The maximum Gasteiger partial charge on any atom is 0.188 e. The molecular formula is C22H20N2O4S. The van der Waals surface area contributed by atoms with Gasteiger partial charge in [-0.2, -0.15) is 5.10 Å². The van der Waals surface area contributed by atoms with Gasteiger partial charge in [-0.05, 0) is 54.1 Å². The van der Waals surface area contributed by atoms with E-state index in [2.05, 4.69) is 0 Å². The van der Waals surface area contributed by atoms with Crippen molar-refractivity contribution < 1.29 is 17.9 Å². The van der Waals surface area contributed by atoms with Gasteiger partial charge in [0.1, 0.15) is 11.4 Å². The quantitative estimate of drug-likeness (QED) is 0.450. The zero-order valence-corrected chi connectivity index (χ0v) is 16.9. The molecule has 0 atom stereocenters. The van der Waals surface area contributed by atoms with Crippen molar-refractivity contribution in [2.45, 2.75) is 4.90 Å². The number of nitrogens with zero attached hydrogens (tertiary/aromatic N) is 2. The first-order valence-electron chi connectivity index (χ1n) is 8.97. The molecule has 4 rings (SSSR count). The molecule has 0 saturated heterocycles. The first-order chi connectivity index (χ1) is 14.0. The van der Waals surface area contributed by atoms with Gasteiger partial charge in [0.25, 0.3) is 0 Å². The fourth-order valence-corrected chi connectivity index (χ4v) is 3.82. The van der Waals surface area contributed by atoms with Crippen LogP contribution in [0, 0.1) is 0 Å². The van der Waals surface area contributed by atoms with Crippen molar-refractivity contribution in [1.29, 1.82) is 0 Å². The van der Waals surface area contributed by atoms with Gasteiger partial charge in [-0.25, -0.2) is 12.9 Å². The molecule has 148 valence electrons. The fraction of sp³-hybridized carbons (Fsp3) is 0.136. The zero-order chi connectivity index (χ0) is 20.4. The molecular weight excluding hydrogens is 388 g/mol. The van der Waals surface area contributed by atoms with E-state index in [1.165, 1.54) is 6.26 Å². The average molecular weight is 408 g/mol. The van der Waals surface area contributed by atoms with Crippen molar-refractivity contribution in [3.05, 3.63) is 72.9 Å². The van der Waals surface area contributed by atoms with Gasteiger partial charge in [0.05, 0.1) is 10.4 Å². The molecule has 2 heterocycles. The molecule has 6 nitrogen and oxygen atoms in total. The Labute approximate surface area is 169 Å². The number of sulfone groups is 1. The number of aromatic nitrogens is 2. The summed E-state index contributed by atoms with van der Waals surface area (Å²) >= 11 is 0. The molecule has 0 saturated carbocycles. The molecule has 0 aliphatic carbocycles. The summed E-state index contributed by atoms with van der Waals surface area (Å²) in [5, 5.41) is 4.76. The van der Waals surface area contributed by atoms with E-state index < -0.39 is 9.84 Å². The maximum absolute atomic E-state index is 11.8. The van der Waals surface area contributed by atoms with Gasteiger partial charge >= 0.3 is 0 Å². The highest BCUT2D eigenvalue weighted by Gasteiger charge is 2.17. The van der Waals surface area contributed by atoms with Gasteiger partial charge in [-0.3, -0.25) is 0 Å². The van der Waals surface area contributed by atoms with Crippen LogP contribution in [0.4, 0.5) is 0 Å². The lowest BCUT2D eigenvalue weighted by Crippen LogP contribution is -1.98. The Hall–Kier alpha value is -3.16. The Morgan fingerprint density at radius 2 is 1.62 bits per heavy atom. The Balaban J connectivity index is 1.83. The summed E-state index contributed by atoms with van der Waals surface area (Å²) in [4.78, 5) is 0.291. The number of hydrogen-bond acceptors (Lipinski definition) is 5. The van der Waals surface area contributed by atoms with E-state index in [9.17, 15) is 8.42 Å². The molecule has 2 aromatic carbocycles. The van der Waals surface area contributed by atoms with Crippen LogP contribution < -0.4 is 4.74 Å². The second-order valence-electron chi connectivity index (χ2n) is 6.63. The van der Waals surface area contributed by atoms with Crippen molar-refractivity contribution in [3.8, 4) is 28.1 Å². The molecule has 0 aliphatic rings. The molecule has 0 N–H and O–H groups in total. The zero-order valence-electron chi connectivity index (χ0n) is 16.1. The van der Waals surface area contributed by atoms with Crippen LogP contribution in [0.3, 0.4) is 0 Å². The molecule has 0 amide bonds. The summed E-state index contributed by atoms with van der Waals surface area (Å²) < 4.78 is 35.8. The van der Waals surface area contributed by atoms with Gasteiger partial charge in [0, 0.05) is 30.7 Å². The van der Waals surface area contributed by atoms with E-state index in [4.69, 9.17) is 14.6 Å². The monoisotopic (exact) mass is 408 g/mol. The first-order valence-corrected chi connectivity index (χ1v) is 10.9. The summed E-state index contributed by atoms with van der Waals surface area (Å²) in [5.41, 5.74) is 4.51. The molecule has 7 heteroatoms. The first kappa shape index (κ1) is 19.2. The minimum atomic E-state index is -3.25. The highest BCUT2D eigenvalue weighted by atomic mass is 32.2. The van der Waals surface area contributed by atoms with E-state index in [0.29, 0.717) is 10.6 Å². The molecule has 0 aliphatic heterocycles. The van der Waals surface area contributed by atoms with Gasteiger partial charge in [0.2, 0.25) is 0 Å². The van der Waals surface area contributed by atoms with E-state index in [0.717, 1.165) is 27.9 Å². The average Bonchev–Trinajstić information content (AvgIpc) is 3.11. The number of benzene rings is 2. The minimum absolute atomic E-state index is 0.186. The van der Waals surface area contributed by atoms with E-state index in [1.54, 1.807) is 19.2 Å². The number of ether oxygens (including phenoxy) is 2. The van der Waals surface area contributed by atoms with E-state index >= 15 is 0 Å². The molecule has 0 radical (unpaired) electrons. The lowest BCUT2D eigenvalue weighted by atomic mass is 10.00. The number of methoxy groups -OCH3 is 1. The summed E-state index contributed by atoms with van der Waals surface area (Å²) in [6.07, 6.45) is 3.10. The van der Waals surface area contributed by atoms with Crippen LogP contribution >= 0.6 is 0 Å². The normalized spacial score (nSPS) is 11.7. The largest absolute Gasteiger partial charge is 0.468 e. The van der Waals surface area contributed by atoms with Crippen LogP contribution in [0.1, 0.15) is 0 Å². The smallest absolute Gasteiger partial charge is 0.188 e. The standard InChI is InChI=1S/C22H20N2O4S/c1-27-15-28-18-10-6-17(7-11-18)22-21(20-5-3-4-14-24(20)23-22)16-8-12-19(13-9-16)29(2,25)26/h3-14H,15H2,1-2H3. The van der Waals surface area contributed by atoms with Crippen molar-refractivity contribution in [2.75, 3.05) is 20.2 Å². The van der Waals surface area contributed by atoms with Crippen LogP contribution in [0.25, 0.3) is 27.9 Å². The highest BCUT2D eigenvalue weighted by molar-refractivity contribution is 7.90. The molecule has 0 fully saturated rings. The SMILES string of the molecule is COCOc1ccc(-c2nn3ccccc3c2-c2ccc(S(C)(=O)=O)cc2)cc1. The third-order valence-corrected chi connectivity index (χ3v) is 5.71. The Kier molecular flexibility index (Phi) is 5.08. The summed E-state index contributed by atoms with van der Waals surface area (Å²) in [6, 6.07) is 20.4. The molecule has 0 bridgehead atoms. The lowest BCUT2D eigenvalue weighted by molar-refractivity contribution is 0.0511. The van der Waals surface area contributed by atoms with Crippen LogP contribution in [-0.2, 0) is 14.6 Å². The summed E-state index contributed by atoms with van der Waals surface area (Å²) in [7, 11) is -1.67.